The number of aryl methyl sites for hydroxylation is 1. The zero-order chi connectivity index (χ0) is 25.5. The van der Waals surface area contributed by atoms with Gasteiger partial charge in [-0.05, 0) is 43.2 Å². The van der Waals surface area contributed by atoms with Crippen LogP contribution in [0.1, 0.15) is 44.6 Å². The normalized spacial score (nSPS) is 10.6. The maximum atomic E-state index is 13.5. The molecule has 35 heavy (non-hydrogen) atoms. The second-order valence-electron chi connectivity index (χ2n) is 7.28. The van der Waals surface area contributed by atoms with Gasteiger partial charge < -0.3 is 18.9 Å². The number of carbonyl (C=O) groups excluding carboxylic acids is 2. The van der Waals surface area contributed by atoms with Gasteiger partial charge in [-0.25, -0.2) is 9.48 Å². The van der Waals surface area contributed by atoms with Crippen LogP contribution in [0.4, 0.5) is 5.69 Å². The molecule has 0 radical (unpaired) electrons. The number of benzene rings is 2. The van der Waals surface area contributed by atoms with Crippen LogP contribution in [0.2, 0.25) is 0 Å². The summed E-state index contributed by atoms with van der Waals surface area (Å²) in [6, 6.07) is 9.44. The maximum Gasteiger partial charge on any atom is 0.359 e. The lowest BCUT2D eigenvalue weighted by Gasteiger charge is -2.11. The van der Waals surface area contributed by atoms with Gasteiger partial charge in [-0.15, -0.1) is 5.10 Å². The van der Waals surface area contributed by atoms with Crippen molar-refractivity contribution >= 4 is 17.4 Å². The Bertz CT molecular complexity index is 1240. The lowest BCUT2D eigenvalue weighted by molar-refractivity contribution is -0.385. The minimum atomic E-state index is -0.872. The topological polar surface area (TPSA) is 145 Å². The van der Waals surface area contributed by atoms with Crippen LogP contribution in [0.25, 0.3) is 0 Å². The molecule has 12 nitrogen and oxygen atoms in total. The molecular weight excluding hydrogens is 460 g/mol. The van der Waals surface area contributed by atoms with E-state index >= 15 is 0 Å². The number of hydrogen-bond acceptors (Lipinski definition) is 10. The molecule has 12 heteroatoms. The highest BCUT2D eigenvalue weighted by Crippen LogP contribution is 2.31. The van der Waals surface area contributed by atoms with Gasteiger partial charge in [0.05, 0.1) is 25.2 Å². The molecule has 2 aromatic carbocycles. The summed E-state index contributed by atoms with van der Waals surface area (Å²) in [7, 11) is 2.96. The molecule has 0 atom stereocenters. The summed E-state index contributed by atoms with van der Waals surface area (Å²) in [6.45, 7) is 3.22. The number of nitro benzene ring substituents is 1. The van der Waals surface area contributed by atoms with Crippen LogP contribution < -0.4 is 9.47 Å². The Morgan fingerprint density at radius 2 is 1.86 bits per heavy atom. The van der Waals surface area contributed by atoms with Crippen LogP contribution in [0.5, 0.6) is 11.5 Å². The van der Waals surface area contributed by atoms with Crippen molar-refractivity contribution in [2.75, 3.05) is 27.6 Å². The summed E-state index contributed by atoms with van der Waals surface area (Å²) >= 11 is 0. The highest BCUT2D eigenvalue weighted by molar-refractivity contribution is 6.14. The van der Waals surface area contributed by atoms with Gasteiger partial charge in [-0.1, -0.05) is 17.3 Å². The van der Waals surface area contributed by atoms with Crippen molar-refractivity contribution in [3.63, 3.8) is 0 Å². The predicted molar refractivity (Wildman–Crippen MR) is 122 cm³/mol. The first-order chi connectivity index (χ1) is 16.8. The van der Waals surface area contributed by atoms with E-state index in [-0.39, 0.29) is 42.6 Å². The van der Waals surface area contributed by atoms with Crippen LogP contribution in [0, 0.1) is 17.0 Å². The van der Waals surface area contributed by atoms with Gasteiger partial charge in [0, 0.05) is 13.2 Å². The van der Waals surface area contributed by atoms with Crippen LogP contribution in [0.3, 0.4) is 0 Å². The fourth-order valence-corrected chi connectivity index (χ4v) is 3.29. The zero-order valence-electron chi connectivity index (χ0n) is 19.6. The van der Waals surface area contributed by atoms with Crippen LogP contribution in [-0.4, -0.2) is 59.3 Å². The highest BCUT2D eigenvalue weighted by Gasteiger charge is 2.32. The molecular formula is C23H24N4O8. The summed E-state index contributed by atoms with van der Waals surface area (Å²) in [6.07, 6.45) is 0. The van der Waals surface area contributed by atoms with Gasteiger partial charge in [0.1, 0.15) is 17.1 Å². The third-order valence-electron chi connectivity index (χ3n) is 4.98. The van der Waals surface area contributed by atoms with Crippen molar-refractivity contribution < 1.29 is 33.5 Å². The third kappa shape index (κ3) is 5.61. The van der Waals surface area contributed by atoms with E-state index in [4.69, 9.17) is 18.9 Å². The maximum absolute atomic E-state index is 13.5. The van der Waals surface area contributed by atoms with Crippen molar-refractivity contribution in [1.29, 1.82) is 0 Å². The number of ketones is 1. The minimum absolute atomic E-state index is 0.0415. The summed E-state index contributed by atoms with van der Waals surface area (Å²) < 4.78 is 21.8. The number of rotatable bonds is 11. The molecule has 0 aliphatic carbocycles. The van der Waals surface area contributed by atoms with E-state index in [2.05, 4.69) is 10.3 Å². The summed E-state index contributed by atoms with van der Waals surface area (Å²) in [5, 5.41) is 19.6. The second-order valence-corrected chi connectivity index (χ2v) is 7.28. The smallest absolute Gasteiger partial charge is 0.359 e. The first kappa shape index (κ1) is 25.3. The van der Waals surface area contributed by atoms with Crippen molar-refractivity contribution in [3.05, 3.63) is 74.6 Å². The summed E-state index contributed by atoms with van der Waals surface area (Å²) in [5.74, 6) is -0.848. The summed E-state index contributed by atoms with van der Waals surface area (Å²) in [5.41, 5.74) is -0.190. The van der Waals surface area contributed by atoms with Crippen LogP contribution in [0.15, 0.2) is 36.4 Å². The Balaban J connectivity index is 2.08. The zero-order valence-corrected chi connectivity index (χ0v) is 19.6. The fraction of sp³-hybridized carbons (Fsp3) is 0.304. The monoisotopic (exact) mass is 484 g/mol. The standard InChI is InChI=1S/C23H24N4O8/c1-5-34-23(29)21-20(24-25-26(21)12-15-6-8-16(33-4)9-7-15)22(28)17-11-19(35-13-32-3)14(2)10-18(17)27(30)31/h6-11H,5,12-13H2,1-4H3. The van der Waals surface area contributed by atoms with E-state index in [1.165, 1.54) is 23.9 Å². The Hall–Kier alpha value is -4.32. The lowest BCUT2D eigenvalue weighted by atomic mass is 10.0. The average Bonchev–Trinajstić information content (AvgIpc) is 3.26. The molecule has 0 saturated carbocycles. The van der Waals surface area contributed by atoms with Crippen molar-refractivity contribution in [3.8, 4) is 11.5 Å². The molecule has 0 spiro atoms. The molecule has 0 aliphatic heterocycles. The van der Waals surface area contributed by atoms with Crippen molar-refractivity contribution in [1.82, 2.24) is 15.0 Å². The minimum Gasteiger partial charge on any atom is -0.497 e. The molecule has 0 bridgehead atoms. The Morgan fingerprint density at radius 1 is 1.14 bits per heavy atom. The van der Waals surface area contributed by atoms with Gasteiger partial charge in [0.25, 0.3) is 5.69 Å². The molecule has 3 rings (SSSR count). The number of aromatic nitrogens is 3. The number of esters is 1. The van der Waals surface area contributed by atoms with E-state index in [1.807, 2.05) is 0 Å². The van der Waals surface area contributed by atoms with Gasteiger partial charge in [0.2, 0.25) is 5.78 Å². The number of methoxy groups -OCH3 is 2. The van der Waals surface area contributed by atoms with E-state index in [1.54, 1.807) is 45.2 Å². The van der Waals surface area contributed by atoms with E-state index in [0.29, 0.717) is 11.3 Å². The molecule has 0 saturated heterocycles. The first-order valence-corrected chi connectivity index (χ1v) is 10.5. The van der Waals surface area contributed by atoms with Gasteiger partial charge >= 0.3 is 5.97 Å². The number of hydrogen-bond donors (Lipinski definition) is 0. The lowest BCUT2D eigenvalue weighted by Crippen LogP contribution is -2.18. The Labute approximate surface area is 200 Å². The van der Waals surface area contributed by atoms with Gasteiger partial charge in [0.15, 0.2) is 18.2 Å². The Morgan fingerprint density at radius 3 is 2.46 bits per heavy atom. The Kier molecular flexibility index (Phi) is 8.10. The van der Waals surface area contributed by atoms with Gasteiger partial charge in [-0.3, -0.25) is 14.9 Å². The number of nitrogens with zero attached hydrogens (tertiary/aromatic N) is 4. The largest absolute Gasteiger partial charge is 0.497 e. The van der Waals surface area contributed by atoms with E-state index < -0.39 is 22.4 Å². The average molecular weight is 484 g/mol. The first-order valence-electron chi connectivity index (χ1n) is 10.5. The predicted octanol–water partition coefficient (Wildman–Crippen LogP) is 2.94. The van der Waals surface area contributed by atoms with Crippen molar-refractivity contribution in [2.45, 2.75) is 20.4 Å². The number of carbonyl (C=O) groups is 2. The molecule has 0 amide bonds. The fourth-order valence-electron chi connectivity index (χ4n) is 3.29. The van der Waals surface area contributed by atoms with E-state index in [0.717, 1.165) is 5.56 Å². The van der Waals surface area contributed by atoms with Gasteiger partial charge in [-0.2, -0.15) is 0 Å². The number of ether oxygens (including phenoxy) is 4. The third-order valence-corrected chi connectivity index (χ3v) is 4.98. The van der Waals surface area contributed by atoms with Crippen LogP contribution in [-0.2, 0) is 16.0 Å². The molecule has 0 aliphatic rings. The molecule has 0 fully saturated rings. The second kappa shape index (κ2) is 11.2. The molecule has 1 heterocycles. The van der Waals surface area contributed by atoms with Crippen LogP contribution >= 0.6 is 0 Å². The SMILES string of the molecule is CCOC(=O)c1c(C(=O)c2cc(OCOC)c(C)cc2[N+](=O)[O-])nnn1Cc1ccc(OC)cc1. The molecule has 1 aromatic heterocycles. The number of nitro groups is 1. The highest BCUT2D eigenvalue weighted by atomic mass is 16.7. The van der Waals surface area contributed by atoms with E-state index in [9.17, 15) is 19.7 Å². The molecule has 3 aromatic rings. The molecule has 0 N–H and O–H groups in total. The van der Waals surface area contributed by atoms with Crippen molar-refractivity contribution in [2.24, 2.45) is 0 Å². The molecule has 184 valence electrons. The summed E-state index contributed by atoms with van der Waals surface area (Å²) in [4.78, 5) is 37.3. The molecule has 0 unspecified atom stereocenters. The quantitative estimate of drug-likeness (QED) is 0.131.